The summed E-state index contributed by atoms with van der Waals surface area (Å²) in [5.74, 6) is 3.10. The van der Waals surface area contributed by atoms with E-state index in [-0.39, 0.29) is 12.1 Å². The summed E-state index contributed by atoms with van der Waals surface area (Å²) < 4.78 is 13.3. The maximum Gasteiger partial charge on any atom is 0.832 e. The second-order valence-electron chi connectivity index (χ2n) is 13.9. The molecule has 0 radical (unpaired) electrons. The lowest BCUT2D eigenvalue weighted by Gasteiger charge is -2.26. The molecule has 0 bridgehead atoms. The van der Waals surface area contributed by atoms with Gasteiger partial charge >= 0.3 is 15.9 Å². The van der Waals surface area contributed by atoms with Gasteiger partial charge in [-0.1, -0.05) is 104 Å². The van der Waals surface area contributed by atoms with Crippen molar-refractivity contribution in [3.63, 3.8) is 0 Å². The molecule has 5 heteroatoms. The summed E-state index contributed by atoms with van der Waals surface area (Å²) in [5.41, 5.74) is 7.54. The first kappa shape index (κ1) is 35.8. The van der Waals surface area contributed by atoms with Crippen LogP contribution in [0.15, 0.2) is 34.3 Å². The van der Waals surface area contributed by atoms with E-state index in [9.17, 15) is 0 Å². The SMILES string of the molecule is CCCCC(CCCC)c1cc(C)c2c(c1)C=NC1CCCCC1N=Cc1cc(C(CCCC)CCCC)cc(C)c1[O][AlH][O]2. The van der Waals surface area contributed by atoms with Gasteiger partial charge in [-0.2, -0.15) is 0 Å². The predicted octanol–water partition coefficient (Wildman–Crippen LogP) is 11.1. The minimum Gasteiger partial charge on any atom is -0.614 e. The third-order valence-electron chi connectivity index (χ3n) is 10.1. The minimum absolute atomic E-state index is 0.205. The van der Waals surface area contributed by atoms with Crippen LogP contribution in [0.2, 0.25) is 0 Å². The summed E-state index contributed by atoms with van der Waals surface area (Å²) >= 11 is -1.35. The molecule has 0 saturated heterocycles. The van der Waals surface area contributed by atoms with Crippen molar-refractivity contribution in [3.05, 3.63) is 57.6 Å². The smallest absolute Gasteiger partial charge is 0.614 e. The number of aryl methyl sites for hydroxylation is 2. The van der Waals surface area contributed by atoms with Gasteiger partial charge in [0.1, 0.15) is 0 Å². The van der Waals surface area contributed by atoms with Crippen molar-refractivity contribution in [1.82, 2.24) is 0 Å². The van der Waals surface area contributed by atoms with E-state index in [1.807, 2.05) is 0 Å². The molecule has 1 aliphatic heterocycles. The Kier molecular flexibility index (Phi) is 15.0. The number of aliphatic imine (C=N–C) groups is 2. The van der Waals surface area contributed by atoms with Gasteiger partial charge in [-0.3, -0.25) is 9.98 Å². The zero-order valence-electron chi connectivity index (χ0n) is 29.5. The van der Waals surface area contributed by atoms with Gasteiger partial charge in [0, 0.05) is 23.6 Å². The van der Waals surface area contributed by atoms with Crippen LogP contribution in [0.1, 0.15) is 176 Å². The molecule has 0 N–H and O–H groups in total. The van der Waals surface area contributed by atoms with Gasteiger partial charge in [0.2, 0.25) is 0 Å². The molecule has 0 spiro atoms. The molecule has 4 rings (SSSR count). The number of hydrogen-bond donors (Lipinski definition) is 0. The molecular formula is C40H61AlN2O2. The Hall–Kier alpha value is -2.09. The van der Waals surface area contributed by atoms with Crippen molar-refractivity contribution in [2.75, 3.05) is 0 Å². The van der Waals surface area contributed by atoms with E-state index >= 15 is 0 Å². The first-order valence-electron chi connectivity index (χ1n) is 18.6. The van der Waals surface area contributed by atoms with E-state index in [1.54, 1.807) is 0 Å². The lowest BCUT2D eigenvalue weighted by Crippen LogP contribution is -2.27. The molecule has 1 aliphatic carbocycles. The summed E-state index contributed by atoms with van der Waals surface area (Å²) in [5, 5.41) is 0. The van der Waals surface area contributed by atoms with Crippen molar-refractivity contribution >= 4 is 28.3 Å². The molecule has 246 valence electrons. The molecule has 2 unspecified atom stereocenters. The van der Waals surface area contributed by atoms with E-state index < -0.39 is 15.9 Å². The van der Waals surface area contributed by atoms with Crippen molar-refractivity contribution in [1.29, 1.82) is 0 Å². The summed E-state index contributed by atoms with van der Waals surface area (Å²) in [6.45, 7) is 13.6. The maximum absolute atomic E-state index is 6.64. The molecular weight excluding hydrogens is 567 g/mol. The minimum atomic E-state index is -1.35. The van der Waals surface area contributed by atoms with Crippen molar-refractivity contribution in [2.24, 2.45) is 9.98 Å². The highest BCUT2D eigenvalue weighted by atomic mass is 27.2. The van der Waals surface area contributed by atoms with E-state index in [0.717, 1.165) is 35.5 Å². The van der Waals surface area contributed by atoms with Gasteiger partial charge in [-0.25, -0.2) is 0 Å². The van der Waals surface area contributed by atoms with Crippen LogP contribution >= 0.6 is 0 Å². The Balaban J connectivity index is 1.72. The third kappa shape index (κ3) is 10.2. The average Bonchev–Trinajstić information content (AvgIpc) is 3.05. The third-order valence-corrected chi connectivity index (χ3v) is 10.9. The summed E-state index contributed by atoms with van der Waals surface area (Å²) in [7, 11) is 0. The fourth-order valence-corrected chi connectivity index (χ4v) is 8.50. The second kappa shape index (κ2) is 18.9. The highest BCUT2D eigenvalue weighted by Gasteiger charge is 2.25. The quantitative estimate of drug-likeness (QED) is 0.195. The number of unbranched alkanes of at least 4 members (excludes halogenated alkanes) is 4. The fraction of sp³-hybridized carbons (Fsp3) is 0.650. The Morgan fingerprint density at radius 1 is 0.622 bits per heavy atom. The average molecular weight is 629 g/mol. The molecule has 0 aromatic heterocycles. The van der Waals surface area contributed by atoms with Crippen molar-refractivity contribution in [3.8, 4) is 11.5 Å². The first-order valence-corrected chi connectivity index (χ1v) is 19.7. The zero-order chi connectivity index (χ0) is 32.0. The Morgan fingerprint density at radius 2 is 1.00 bits per heavy atom. The summed E-state index contributed by atoms with van der Waals surface area (Å²) in [6.07, 6.45) is 23.9. The van der Waals surface area contributed by atoms with Crippen LogP contribution in [0.5, 0.6) is 11.5 Å². The van der Waals surface area contributed by atoms with Crippen LogP contribution in [-0.4, -0.2) is 40.4 Å². The molecule has 1 heterocycles. The zero-order valence-corrected chi connectivity index (χ0v) is 30.9. The van der Waals surface area contributed by atoms with E-state index in [0.29, 0.717) is 11.8 Å². The topological polar surface area (TPSA) is 43.2 Å². The van der Waals surface area contributed by atoms with Gasteiger partial charge in [-0.15, -0.1) is 0 Å². The van der Waals surface area contributed by atoms with Gasteiger partial charge < -0.3 is 7.58 Å². The normalized spacial score (nSPS) is 18.1. The largest absolute Gasteiger partial charge is 0.832 e. The molecule has 2 aromatic rings. The van der Waals surface area contributed by atoms with E-state index in [1.165, 1.54) is 112 Å². The van der Waals surface area contributed by atoms with Gasteiger partial charge in [0.25, 0.3) is 0 Å². The van der Waals surface area contributed by atoms with Crippen molar-refractivity contribution in [2.45, 2.75) is 168 Å². The van der Waals surface area contributed by atoms with Crippen LogP contribution < -0.4 is 7.58 Å². The number of hydrogen-bond acceptors (Lipinski definition) is 4. The molecule has 2 aromatic carbocycles. The van der Waals surface area contributed by atoms with Gasteiger partial charge in [-0.05, 0) is 98.6 Å². The van der Waals surface area contributed by atoms with E-state index in [2.05, 4.69) is 78.2 Å². The Morgan fingerprint density at radius 3 is 1.36 bits per heavy atom. The number of rotatable bonds is 14. The van der Waals surface area contributed by atoms with Crippen LogP contribution in [0.25, 0.3) is 0 Å². The Bertz CT molecular complexity index is 1140. The number of benzene rings is 2. The van der Waals surface area contributed by atoms with Crippen LogP contribution in [-0.2, 0) is 0 Å². The predicted molar refractivity (Wildman–Crippen MR) is 196 cm³/mol. The molecule has 4 nitrogen and oxygen atoms in total. The molecule has 2 aliphatic rings. The number of fused-ring (bicyclic) bond motifs is 3. The highest BCUT2D eigenvalue weighted by molar-refractivity contribution is 6.21. The second-order valence-corrected chi connectivity index (χ2v) is 14.7. The van der Waals surface area contributed by atoms with E-state index in [4.69, 9.17) is 17.6 Å². The standard InChI is InChI=1S/C40H62N2O2.Al.H/c1-7-11-17-31(18-12-8-2)33-23-29(5)39(43)35(25-33)27-41-37-21-15-16-22-38(37)42-28-36-26-34(24-30(6)40(36)44)32(19-13-9-3)20-14-10-4;;/h23-28,31-32,37-38,43-44H,7-22H2,1-6H3;;/q;+2;/p-2. The summed E-state index contributed by atoms with van der Waals surface area (Å²) in [6, 6.07) is 9.96. The molecule has 1 fully saturated rings. The molecule has 45 heavy (non-hydrogen) atoms. The molecule has 1 saturated carbocycles. The fourth-order valence-electron chi connectivity index (χ4n) is 7.41. The van der Waals surface area contributed by atoms with Crippen LogP contribution in [0.3, 0.4) is 0 Å². The van der Waals surface area contributed by atoms with Crippen LogP contribution in [0.4, 0.5) is 0 Å². The number of nitrogens with zero attached hydrogens (tertiary/aromatic N) is 2. The molecule has 2 atom stereocenters. The van der Waals surface area contributed by atoms with Gasteiger partial charge in [0.05, 0.1) is 23.6 Å². The Labute approximate surface area is 282 Å². The molecule has 0 amide bonds. The summed E-state index contributed by atoms with van der Waals surface area (Å²) in [4.78, 5) is 10.5. The van der Waals surface area contributed by atoms with Gasteiger partial charge in [0.15, 0.2) is 0 Å². The van der Waals surface area contributed by atoms with Crippen molar-refractivity contribution < 1.29 is 7.58 Å². The maximum atomic E-state index is 6.64. The highest BCUT2D eigenvalue weighted by Crippen LogP contribution is 2.36. The first-order chi connectivity index (χ1) is 22.0. The van der Waals surface area contributed by atoms with Crippen LogP contribution in [0, 0.1) is 13.8 Å². The monoisotopic (exact) mass is 628 g/mol. The lowest BCUT2D eigenvalue weighted by atomic mass is 9.87. The lowest BCUT2D eigenvalue weighted by molar-refractivity contribution is 0.390.